The molecule has 120 valence electrons. The lowest BCUT2D eigenvalue weighted by Crippen LogP contribution is -2.07. The molecular formula is C18H26ClN3. The average Bonchev–Trinajstić information content (AvgIpc) is 3.06. The Hall–Kier alpha value is -1.48. The molecular weight excluding hydrogens is 294 g/mol. The van der Waals surface area contributed by atoms with Crippen molar-refractivity contribution >= 4 is 18.6 Å². The molecule has 0 bridgehead atoms. The molecule has 0 atom stereocenters. The first-order chi connectivity index (χ1) is 10.3. The highest BCUT2D eigenvalue weighted by molar-refractivity contribution is 5.85. The lowest BCUT2D eigenvalue weighted by Gasteiger charge is -2.15. The summed E-state index contributed by atoms with van der Waals surface area (Å²) in [4.78, 5) is 11.5. The van der Waals surface area contributed by atoms with Crippen molar-refractivity contribution in [3.8, 4) is 11.4 Å². The highest BCUT2D eigenvalue weighted by Crippen LogP contribution is 2.22. The van der Waals surface area contributed by atoms with Gasteiger partial charge < -0.3 is 9.97 Å². The number of aromatic amines is 2. The highest BCUT2D eigenvalue weighted by Gasteiger charge is 2.10. The molecule has 0 saturated heterocycles. The van der Waals surface area contributed by atoms with Crippen molar-refractivity contribution in [2.45, 2.75) is 57.9 Å². The van der Waals surface area contributed by atoms with Gasteiger partial charge in [0.25, 0.3) is 0 Å². The summed E-state index contributed by atoms with van der Waals surface area (Å²) in [5.41, 5.74) is 4.67. The van der Waals surface area contributed by atoms with Crippen LogP contribution >= 0.6 is 12.4 Å². The minimum atomic E-state index is 0. The number of hydrogen-bond donors (Lipinski definition) is 2. The van der Waals surface area contributed by atoms with Gasteiger partial charge in [0, 0.05) is 12.4 Å². The number of halogens is 1. The summed E-state index contributed by atoms with van der Waals surface area (Å²) < 4.78 is 0. The van der Waals surface area contributed by atoms with E-state index in [4.69, 9.17) is 4.99 Å². The Bertz CT molecular complexity index is 576. The molecule has 2 heterocycles. The van der Waals surface area contributed by atoms with Gasteiger partial charge in [0.1, 0.15) is 0 Å². The van der Waals surface area contributed by atoms with Crippen LogP contribution in [0.1, 0.15) is 56.2 Å². The van der Waals surface area contributed by atoms with E-state index in [9.17, 15) is 0 Å². The molecule has 0 radical (unpaired) electrons. The number of aliphatic imine (C=N–C) groups is 1. The first kappa shape index (κ1) is 16.9. The van der Waals surface area contributed by atoms with Gasteiger partial charge >= 0.3 is 0 Å². The van der Waals surface area contributed by atoms with E-state index in [1.165, 1.54) is 56.2 Å². The fourth-order valence-corrected chi connectivity index (χ4v) is 3.19. The maximum Gasteiger partial charge on any atom is 0.0654 e. The maximum absolute atomic E-state index is 4.82. The average molecular weight is 320 g/mol. The van der Waals surface area contributed by atoms with E-state index >= 15 is 0 Å². The Morgan fingerprint density at radius 1 is 1.14 bits per heavy atom. The molecule has 4 heteroatoms. The van der Waals surface area contributed by atoms with E-state index in [0.29, 0.717) is 6.04 Å². The molecule has 1 saturated carbocycles. The SMILES string of the molecule is Cc1cc(C=NC2CCCCCCC2)[nH]c1-c1ccc[nH]1.Cl. The lowest BCUT2D eigenvalue weighted by atomic mass is 9.97. The van der Waals surface area contributed by atoms with Crippen molar-refractivity contribution in [2.75, 3.05) is 0 Å². The van der Waals surface area contributed by atoms with Gasteiger partial charge in [-0.25, -0.2) is 0 Å². The van der Waals surface area contributed by atoms with Gasteiger partial charge in [-0.3, -0.25) is 4.99 Å². The molecule has 2 aromatic rings. The van der Waals surface area contributed by atoms with E-state index in [1.807, 2.05) is 18.5 Å². The molecule has 3 nitrogen and oxygen atoms in total. The highest BCUT2D eigenvalue weighted by atomic mass is 35.5. The Labute approximate surface area is 139 Å². The molecule has 2 aromatic heterocycles. The van der Waals surface area contributed by atoms with Crippen molar-refractivity contribution in [3.63, 3.8) is 0 Å². The molecule has 0 spiro atoms. The second kappa shape index (κ2) is 8.23. The number of aromatic nitrogens is 2. The Morgan fingerprint density at radius 3 is 2.55 bits per heavy atom. The van der Waals surface area contributed by atoms with Crippen LogP contribution in [0, 0.1) is 6.92 Å². The molecule has 1 aliphatic rings. The molecule has 2 N–H and O–H groups in total. The Kier molecular flexibility index (Phi) is 6.32. The summed E-state index contributed by atoms with van der Waals surface area (Å²) in [5.74, 6) is 0. The fraction of sp³-hybridized carbons (Fsp3) is 0.500. The van der Waals surface area contributed by atoms with Gasteiger partial charge in [0.15, 0.2) is 0 Å². The van der Waals surface area contributed by atoms with Gasteiger partial charge in [-0.05, 0) is 43.5 Å². The summed E-state index contributed by atoms with van der Waals surface area (Å²) in [5, 5.41) is 0. The monoisotopic (exact) mass is 319 g/mol. The number of nitrogens with zero attached hydrogens (tertiary/aromatic N) is 1. The van der Waals surface area contributed by atoms with Crippen LogP contribution < -0.4 is 0 Å². The van der Waals surface area contributed by atoms with Crippen LogP contribution in [0.25, 0.3) is 11.4 Å². The third kappa shape index (κ3) is 4.26. The molecule has 0 unspecified atom stereocenters. The molecule has 0 aliphatic heterocycles. The zero-order valence-corrected chi connectivity index (χ0v) is 14.1. The Balaban J connectivity index is 0.00000176. The minimum absolute atomic E-state index is 0. The molecule has 1 fully saturated rings. The topological polar surface area (TPSA) is 43.9 Å². The largest absolute Gasteiger partial charge is 0.360 e. The van der Waals surface area contributed by atoms with Crippen LogP contribution in [0.2, 0.25) is 0 Å². The molecule has 22 heavy (non-hydrogen) atoms. The van der Waals surface area contributed by atoms with Crippen molar-refractivity contribution in [2.24, 2.45) is 4.99 Å². The van der Waals surface area contributed by atoms with E-state index in [-0.39, 0.29) is 12.4 Å². The van der Waals surface area contributed by atoms with Crippen LogP contribution in [-0.4, -0.2) is 22.2 Å². The van der Waals surface area contributed by atoms with Gasteiger partial charge in [-0.1, -0.05) is 32.1 Å². The van der Waals surface area contributed by atoms with Gasteiger partial charge in [-0.2, -0.15) is 0 Å². The summed E-state index contributed by atoms with van der Waals surface area (Å²) in [6, 6.07) is 6.82. The zero-order chi connectivity index (χ0) is 14.5. The number of hydrogen-bond acceptors (Lipinski definition) is 1. The number of aryl methyl sites for hydroxylation is 1. The van der Waals surface area contributed by atoms with Crippen LogP contribution in [0.5, 0.6) is 0 Å². The van der Waals surface area contributed by atoms with Gasteiger partial charge in [0.2, 0.25) is 0 Å². The number of H-pyrrole nitrogens is 2. The number of rotatable bonds is 3. The van der Waals surface area contributed by atoms with Crippen molar-refractivity contribution < 1.29 is 0 Å². The molecule has 3 rings (SSSR count). The summed E-state index contributed by atoms with van der Waals surface area (Å²) in [6.45, 7) is 2.14. The van der Waals surface area contributed by atoms with Crippen molar-refractivity contribution in [3.05, 3.63) is 35.7 Å². The molecule has 0 amide bonds. The summed E-state index contributed by atoms with van der Waals surface area (Å²) in [7, 11) is 0. The Morgan fingerprint density at radius 2 is 1.86 bits per heavy atom. The van der Waals surface area contributed by atoms with Crippen LogP contribution in [0.4, 0.5) is 0 Å². The van der Waals surface area contributed by atoms with Crippen LogP contribution in [-0.2, 0) is 0 Å². The van der Waals surface area contributed by atoms with E-state index < -0.39 is 0 Å². The van der Waals surface area contributed by atoms with Crippen LogP contribution in [0.15, 0.2) is 29.4 Å². The zero-order valence-electron chi connectivity index (χ0n) is 13.3. The third-order valence-corrected chi connectivity index (χ3v) is 4.40. The third-order valence-electron chi connectivity index (χ3n) is 4.40. The first-order valence-electron chi connectivity index (χ1n) is 8.19. The summed E-state index contributed by atoms with van der Waals surface area (Å²) in [6.07, 6.45) is 13.3. The first-order valence-corrected chi connectivity index (χ1v) is 8.19. The van der Waals surface area contributed by atoms with E-state index in [1.54, 1.807) is 0 Å². The smallest absolute Gasteiger partial charge is 0.0654 e. The maximum atomic E-state index is 4.82. The van der Waals surface area contributed by atoms with Crippen LogP contribution in [0.3, 0.4) is 0 Å². The predicted molar refractivity (Wildman–Crippen MR) is 96.3 cm³/mol. The predicted octanol–water partition coefficient (Wildman–Crippen LogP) is 5.27. The minimum Gasteiger partial charge on any atom is -0.360 e. The fourth-order valence-electron chi connectivity index (χ4n) is 3.19. The van der Waals surface area contributed by atoms with Crippen molar-refractivity contribution in [1.29, 1.82) is 0 Å². The van der Waals surface area contributed by atoms with Gasteiger partial charge in [0.05, 0.1) is 23.1 Å². The standard InChI is InChI=1S/C18H25N3.ClH/c1-14-12-16(21-18(14)17-10-7-11-19-17)13-20-15-8-5-3-2-4-6-9-15;/h7,10-13,15,19,21H,2-6,8-9H2,1H3;1H. The second-order valence-corrected chi connectivity index (χ2v) is 6.14. The molecule has 1 aliphatic carbocycles. The number of nitrogens with one attached hydrogen (secondary N) is 2. The quantitative estimate of drug-likeness (QED) is 0.724. The lowest BCUT2D eigenvalue weighted by molar-refractivity contribution is 0.456. The van der Waals surface area contributed by atoms with Crippen molar-refractivity contribution in [1.82, 2.24) is 9.97 Å². The normalized spacial score (nSPS) is 17.1. The van der Waals surface area contributed by atoms with Gasteiger partial charge in [-0.15, -0.1) is 12.4 Å². The molecule has 0 aromatic carbocycles. The second-order valence-electron chi connectivity index (χ2n) is 6.14. The van der Waals surface area contributed by atoms with E-state index in [0.717, 1.165) is 11.4 Å². The summed E-state index contributed by atoms with van der Waals surface area (Å²) >= 11 is 0. The van der Waals surface area contributed by atoms with E-state index in [2.05, 4.69) is 29.0 Å².